The molecule has 0 bridgehead atoms. The van der Waals surface area contributed by atoms with E-state index in [4.69, 9.17) is 4.74 Å². The van der Waals surface area contributed by atoms with E-state index in [1.165, 1.54) is 5.56 Å². The summed E-state index contributed by atoms with van der Waals surface area (Å²) in [6, 6.07) is 7.96. The van der Waals surface area contributed by atoms with Crippen molar-refractivity contribution < 1.29 is 14.3 Å². The predicted molar refractivity (Wildman–Crippen MR) is 93.8 cm³/mol. The average Bonchev–Trinajstić information content (AvgIpc) is 2.50. The Bertz CT molecular complexity index is 495. The van der Waals surface area contributed by atoms with Crippen LogP contribution in [0.1, 0.15) is 82.1 Å². The summed E-state index contributed by atoms with van der Waals surface area (Å²) in [6.07, 6.45) is 4.72. The molecule has 3 heteroatoms. The summed E-state index contributed by atoms with van der Waals surface area (Å²) in [5.41, 5.74) is 2.15. The number of carbonyl (C=O) groups is 2. The lowest BCUT2D eigenvalue weighted by atomic mass is 9.86. The molecular formula is C20H30O3. The Morgan fingerprint density at radius 2 is 1.48 bits per heavy atom. The highest BCUT2D eigenvalue weighted by molar-refractivity contribution is 5.96. The quantitative estimate of drug-likeness (QED) is 0.363. The minimum absolute atomic E-state index is 0.112. The summed E-state index contributed by atoms with van der Waals surface area (Å²) in [4.78, 5) is 23.3. The first kappa shape index (κ1) is 19.4. The van der Waals surface area contributed by atoms with Gasteiger partial charge in [-0.15, -0.1) is 0 Å². The Hall–Kier alpha value is -1.64. The number of rotatable bonds is 9. The van der Waals surface area contributed by atoms with Crippen molar-refractivity contribution in [3.05, 3.63) is 35.4 Å². The van der Waals surface area contributed by atoms with Gasteiger partial charge in [-0.1, -0.05) is 57.9 Å². The summed E-state index contributed by atoms with van der Waals surface area (Å²) in [5.74, 6) is 0.0818. The molecule has 1 aromatic carbocycles. The van der Waals surface area contributed by atoms with Crippen LogP contribution in [-0.2, 0) is 14.9 Å². The van der Waals surface area contributed by atoms with Crippen LogP contribution >= 0.6 is 0 Å². The van der Waals surface area contributed by atoms with Gasteiger partial charge >= 0.3 is 5.97 Å². The third kappa shape index (κ3) is 7.45. The Balaban J connectivity index is 2.25. The monoisotopic (exact) mass is 318 g/mol. The average molecular weight is 318 g/mol. The molecule has 128 valence electrons. The van der Waals surface area contributed by atoms with Gasteiger partial charge in [-0.2, -0.15) is 0 Å². The molecule has 0 aliphatic rings. The highest BCUT2D eigenvalue weighted by Gasteiger charge is 2.14. The molecule has 0 spiro atoms. The highest BCUT2D eigenvalue weighted by atomic mass is 16.5. The summed E-state index contributed by atoms with van der Waals surface area (Å²) in [5, 5.41) is 0. The van der Waals surface area contributed by atoms with Crippen LogP contribution in [0.5, 0.6) is 0 Å². The van der Waals surface area contributed by atoms with Crippen molar-refractivity contribution in [2.24, 2.45) is 0 Å². The maximum Gasteiger partial charge on any atom is 0.305 e. The second kappa shape index (κ2) is 9.49. The van der Waals surface area contributed by atoms with Gasteiger partial charge in [-0.25, -0.2) is 0 Å². The SMILES string of the molecule is CCOC(=O)CCCCCCC(=O)c1ccc(C(C)(C)C)cc1. The number of ketones is 1. The number of hydrogen-bond acceptors (Lipinski definition) is 3. The van der Waals surface area contributed by atoms with Crippen molar-refractivity contribution in [2.45, 2.75) is 71.6 Å². The van der Waals surface area contributed by atoms with Crippen LogP contribution in [0.4, 0.5) is 0 Å². The van der Waals surface area contributed by atoms with Gasteiger partial charge in [-0.05, 0) is 30.7 Å². The Morgan fingerprint density at radius 1 is 0.913 bits per heavy atom. The zero-order valence-electron chi connectivity index (χ0n) is 15.0. The van der Waals surface area contributed by atoms with E-state index in [-0.39, 0.29) is 17.2 Å². The first-order valence-electron chi connectivity index (χ1n) is 8.64. The Labute approximate surface area is 140 Å². The van der Waals surface area contributed by atoms with Crippen LogP contribution in [0.25, 0.3) is 0 Å². The van der Waals surface area contributed by atoms with Gasteiger partial charge in [0.2, 0.25) is 0 Å². The molecule has 3 nitrogen and oxygen atoms in total. The Morgan fingerprint density at radius 3 is 2.00 bits per heavy atom. The van der Waals surface area contributed by atoms with Gasteiger partial charge in [-0.3, -0.25) is 9.59 Å². The number of carbonyl (C=O) groups excluding carboxylic acids is 2. The summed E-state index contributed by atoms with van der Waals surface area (Å²) < 4.78 is 4.88. The van der Waals surface area contributed by atoms with Crippen LogP contribution < -0.4 is 0 Å². The van der Waals surface area contributed by atoms with E-state index in [0.717, 1.165) is 31.2 Å². The van der Waals surface area contributed by atoms with Crippen LogP contribution in [-0.4, -0.2) is 18.4 Å². The van der Waals surface area contributed by atoms with Crippen molar-refractivity contribution in [1.29, 1.82) is 0 Å². The molecular weight excluding hydrogens is 288 g/mol. The van der Waals surface area contributed by atoms with Gasteiger partial charge in [0.1, 0.15) is 0 Å². The van der Waals surface area contributed by atoms with Gasteiger partial charge in [0.05, 0.1) is 6.61 Å². The molecule has 0 heterocycles. The van der Waals surface area contributed by atoms with Crippen molar-refractivity contribution >= 4 is 11.8 Å². The molecule has 0 aromatic heterocycles. The van der Waals surface area contributed by atoms with E-state index in [2.05, 4.69) is 20.8 Å². The van der Waals surface area contributed by atoms with Crippen molar-refractivity contribution in [2.75, 3.05) is 6.61 Å². The summed E-state index contributed by atoms with van der Waals surface area (Å²) in [7, 11) is 0. The van der Waals surface area contributed by atoms with Gasteiger partial charge in [0.15, 0.2) is 5.78 Å². The normalized spacial score (nSPS) is 11.3. The zero-order valence-corrected chi connectivity index (χ0v) is 15.0. The van der Waals surface area contributed by atoms with Gasteiger partial charge < -0.3 is 4.74 Å². The zero-order chi connectivity index (χ0) is 17.3. The fourth-order valence-electron chi connectivity index (χ4n) is 2.44. The molecule has 0 aliphatic carbocycles. The Kier molecular flexibility index (Phi) is 8.01. The molecule has 0 unspecified atom stereocenters. The molecule has 0 saturated carbocycles. The number of Topliss-reactive ketones (excluding diaryl/α,β-unsaturated/α-hetero) is 1. The van der Waals surface area contributed by atoms with Crippen LogP contribution in [0.3, 0.4) is 0 Å². The van der Waals surface area contributed by atoms with Crippen LogP contribution in [0.2, 0.25) is 0 Å². The number of unbranched alkanes of at least 4 members (excludes halogenated alkanes) is 3. The minimum Gasteiger partial charge on any atom is -0.466 e. The smallest absolute Gasteiger partial charge is 0.305 e. The number of esters is 1. The maximum absolute atomic E-state index is 12.2. The lowest BCUT2D eigenvalue weighted by Gasteiger charge is -2.18. The van der Waals surface area contributed by atoms with E-state index < -0.39 is 0 Å². The van der Waals surface area contributed by atoms with Crippen LogP contribution in [0, 0.1) is 0 Å². The second-order valence-corrected chi connectivity index (χ2v) is 6.97. The molecule has 1 aromatic rings. The second-order valence-electron chi connectivity index (χ2n) is 6.97. The lowest BCUT2D eigenvalue weighted by molar-refractivity contribution is -0.143. The van der Waals surface area contributed by atoms with Crippen molar-refractivity contribution in [3.8, 4) is 0 Å². The van der Waals surface area contributed by atoms with E-state index in [0.29, 0.717) is 19.4 Å². The maximum atomic E-state index is 12.2. The minimum atomic E-state index is -0.123. The van der Waals surface area contributed by atoms with Crippen LogP contribution in [0.15, 0.2) is 24.3 Å². The molecule has 0 saturated heterocycles. The van der Waals surface area contributed by atoms with E-state index >= 15 is 0 Å². The van der Waals surface area contributed by atoms with E-state index in [1.54, 1.807) is 0 Å². The first-order chi connectivity index (χ1) is 10.8. The lowest BCUT2D eigenvalue weighted by Crippen LogP contribution is -2.11. The number of hydrogen-bond donors (Lipinski definition) is 0. The summed E-state index contributed by atoms with van der Waals surface area (Å²) in [6.45, 7) is 8.76. The highest BCUT2D eigenvalue weighted by Crippen LogP contribution is 2.22. The third-order valence-corrected chi connectivity index (χ3v) is 3.91. The largest absolute Gasteiger partial charge is 0.466 e. The standard InChI is InChI=1S/C20H30O3/c1-5-23-19(22)11-9-7-6-8-10-18(21)16-12-14-17(15-13-16)20(2,3)4/h12-15H,5-11H2,1-4H3. The van der Waals surface area contributed by atoms with E-state index in [1.807, 2.05) is 31.2 Å². The third-order valence-electron chi connectivity index (χ3n) is 3.91. The fourth-order valence-corrected chi connectivity index (χ4v) is 2.44. The molecule has 0 aliphatic heterocycles. The molecule has 0 fully saturated rings. The van der Waals surface area contributed by atoms with Gasteiger partial charge in [0, 0.05) is 18.4 Å². The molecule has 0 radical (unpaired) electrons. The van der Waals surface area contributed by atoms with Gasteiger partial charge in [0.25, 0.3) is 0 Å². The molecule has 0 N–H and O–H groups in total. The molecule has 0 atom stereocenters. The predicted octanol–water partition coefficient (Wildman–Crippen LogP) is 5.07. The number of benzene rings is 1. The summed E-state index contributed by atoms with van der Waals surface area (Å²) >= 11 is 0. The molecule has 1 rings (SSSR count). The molecule has 0 amide bonds. The first-order valence-corrected chi connectivity index (χ1v) is 8.64. The van der Waals surface area contributed by atoms with Crippen molar-refractivity contribution in [3.63, 3.8) is 0 Å². The topological polar surface area (TPSA) is 43.4 Å². The van der Waals surface area contributed by atoms with E-state index in [9.17, 15) is 9.59 Å². The van der Waals surface area contributed by atoms with Crippen molar-refractivity contribution in [1.82, 2.24) is 0 Å². The fraction of sp³-hybridized carbons (Fsp3) is 0.600. The number of ether oxygens (including phenoxy) is 1. The molecule has 23 heavy (non-hydrogen) atoms.